The first-order valence-electron chi connectivity index (χ1n) is 17.0. The average molecular weight is 667 g/mol. The Balaban J connectivity index is 1.38. The van der Waals surface area contributed by atoms with Gasteiger partial charge in [-0.15, -0.1) is 0 Å². The van der Waals surface area contributed by atoms with Crippen molar-refractivity contribution in [2.75, 3.05) is 9.80 Å². The number of aryl methyl sites for hydroxylation is 2. The minimum atomic E-state index is -0.289. The van der Waals surface area contributed by atoms with E-state index in [1.54, 1.807) is 0 Å². The van der Waals surface area contributed by atoms with Crippen LogP contribution in [0, 0.1) is 25.5 Å². The molecule has 9 rings (SSSR count). The maximum absolute atomic E-state index is 14.3. The van der Waals surface area contributed by atoms with Crippen molar-refractivity contribution in [1.29, 1.82) is 0 Å². The van der Waals surface area contributed by atoms with Crippen molar-refractivity contribution >= 4 is 77.6 Å². The second kappa shape index (κ2) is 12.1. The number of anilines is 6. The molecule has 0 saturated heterocycles. The molecule has 0 saturated carbocycles. The fourth-order valence-corrected chi connectivity index (χ4v) is 7.17. The van der Waals surface area contributed by atoms with Crippen molar-refractivity contribution in [2.24, 2.45) is 0 Å². The smallest absolute Gasteiger partial charge is 0.143 e. The van der Waals surface area contributed by atoms with Crippen molar-refractivity contribution in [3.05, 3.63) is 180 Å². The van der Waals surface area contributed by atoms with Gasteiger partial charge in [-0.2, -0.15) is 0 Å². The molecule has 5 heteroatoms. The lowest BCUT2D eigenvalue weighted by atomic mass is 9.99. The van der Waals surface area contributed by atoms with Crippen LogP contribution in [0.25, 0.3) is 43.5 Å². The number of furan rings is 1. The number of halogens is 2. The van der Waals surface area contributed by atoms with E-state index in [1.165, 1.54) is 24.3 Å². The molecule has 51 heavy (non-hydrogen) atoms. The van der Waals surface area contributed by atoms with E-state index in [-0.39, 0.29) is 11.6 Å². The molecule has 0 atom stereocenters. The van der Waals surface area contributed by atoms with Crippen LogP contribution in [0.2, 0.25) is 0 Å². The van der Waals surface area contributed by atoms with Gasteiger partial charge in [-0.25, -0.2) is 8.78 Å². The van der Waals surface area contributed by atoms with E-state index in [0.717, 1.165) is 88.7 Å². The third-order valence-electron chi connectivity index (χ3n) is 9.68. The molecule has 8 aromatic carbocycles. The Labute approximate surface area is 294 Å². The second-order valence-electron chi connectivity index (χ2n) is 13.0. The number of benzene rings is 8. The van der Waals surface area contributed by atoms with E-state index in [0.29, 0.717) is 0 Å². The normalized spacial score (nSPS) is 11.5. The van der Waals surface area contributed by atoms with Crippen LogP contribution in [-0.4, -0.2) is 0 Å². The Bertz CT molecular complexity index is 2440. The summed E-state index contributed by atoms with van der Waals surface area (Å²) < 4.78 is 35.4. The first-order chi connectivity index (χ1) is 24.9. The van der Waals surface area contributed by atoms with Crippen molar-refractivity contribution < 1.29 is 13.2 Å². The highest BCUT2D eigenvalue weighted by atomic mass is 19.1. The van der Waals surface area contributed by atoms with E-state index in [2.05, 4.69) is 109 Å². The zero-order valence-electron chi connectivity index (χ0n) is 28.1. The molecule has 0 amide bonds. The predicted octanol–water partition coefficient (Wildman–Crippen LogP) is 13.7. The predicted molar refractivity (Wildman–Crippen MR) is 207 cm³/mol. The topological polar surface area (TPSA) is 19.6 Å². The Morgan fingerprint density at radius 3 is 1.04 bits per heavy atom. The van der Waals surface area contributed by atoms with Crippen LogP contribution in [0.3, 0.4) is 0 Å². The first kappa shape index (κ1) is 30.6. The Kier molecular flexibility index (Phi) is 7.29. The quantitative estimate of drug-likeness (QED) is 0.176. The van der Waals surface area contributed by atoms with Gasteiger partial charge in [0, 0.05) is 55.1 Å². The zero-order chi connectivity index (χ0) is 34.6. The van der Waals surface area contributed by atoms with Crippen molar-refractivity contribution in [2.45, 2.75) is 13.8 Å². The summed E-state index contributed by atoms with van der Waals surface area (Å²) in [5, 5.41) is 5.86. The maximum atomic E-state index is 14.3. The number of fused-ring (bicyclic) bond motifs is 7. The molecule has 0 fully saturated rings. The highest BCUT2D eigenvalue weighted by Crippen LogP contribution is 2.48. The molecule has 0 radical (unpaired) electrons. The van der Waals surface area contributed by atoms with Crippen LogP contribution in [0.15, 0.2) is 162 Å². The van der Waals surface area contributed by atoms with E-state index in [1.807, 2.05) is 48.5 Å². The first-order valence-corrected chi connectivity index (χ1v) is 17.0. The second-order valence-corrected chi connectivity index (χ2v) is 13.0. The number of hydrogen-bond donors (Lipinski definition) is 0. The lowest BCUT2D eigenvalue weighted by Gasteiger charge is -2.27. The van der Waals surface area contributed by atoms with Crippen molar-refractivity contribution in [3.8, 4) is 0 Å². The zero-order valence-corrected chi connectivity index (χ0v) is 28.1. The monoisotopic (exact) mass is 666 g/mol. The Morgan fingerprint density at radius 1 is 0.373 bits per heavy atom. The summed E-state index contributed by atoms with van der Waals surface area (Å²) in [6, 6.07) is 50.9. The van der Waals surface area contributed by atoms with Gasteiger partial charge in [0.05, 0.1) is 11.4 Å². The molecule has 0 aliphatic carbocycles. The number of rotatable bonds is 6. The average Bonchev–Trinajstić information content (AvgIpc) is 3.54. The Hall–Kier alpha value is -6.46. The molecule has 9 aromatic rings. The third kappa shape index (κ3) is 5.26. The SMILES string of the molecule is Cc1ccc(N(c2ccc(F)cc2)c2cc3c4cc(N(c5ccc(C)cc5)c5ccc(F)cc5)c5ccccc5c4oc3c3ccccc23)cc1. The van der Waals surface area contributed by atoms with Crippen LogP contribution in [0.4, 0.5) is 42.9 Å². The summed E-state index contributed by atoms with van der Waals surface area (Å²) >= 11 is 0. The van der Waals surface area contributed by atoms with Crippen molar-refractivity contribution in [1.82, 2.24) is 0 Å². The summed E-state index contributed by atoms with van der Waals surface area (Å²) in [5.41, 5.74) is 9.36. The van der Waals surface area contributed by atoms with Crippen LogP contribution in [-0.2, 0) is 0 Å². The minimum Gasteiger partial charge on any atom is -0.455 e. The van der Waals surface area contributed by atoms with Gasteiger partial charge >= 0.3 is 0 Å². The summed E-state index contributed by atoms with van der Waals surface area (Å²) in [7, 11) is 0. The number of nitrogens with zero attached hydrogens (tertiary/aromatic N) is 2. The Morgan fingerprint density at radius 2 is 0.686 bits per heavy atom. The highest BCUT2D eigenvalue weighted by molar-refractivity contribution is 6.25. The fraction of sp³-hybridized carbons (Fsp3) is 0.0435. The summed E-state index contributed by atoms with van der Waals surface area (Å²) in [5.74, 6) is -0.579. The van der Waals surface area contributed by atoms with Crippen LogP contribution in [0.5, 0.6) is 0 Å². The van der Waals surface area contributed by atoms with Gasteiger partial charge in [0.25, 0.3) is 0 Å². The van der Waals surface area contributed by atoms with Gasteiger partial charge < -0.3 is 14.2 Å². The standard InChI is InChI=1S/C46H32F2N2O/c1-29-11-19-33(20-12-29)49(35-23-15-31(47)16-24-35)43-27-41-42-28-44(50(34-21-13-30(2)14-22-34)36-25-17-32(48)18-26-36)38-8-4-6-10-40(38)46(42)51-45(41)39-9-5-3-7-37(39)43/h3-28H,1-2H3. The van der Waals surface area contributed by atoms with Gasteiger partial charge in [-0.1, -0.05) is 83.9 Å². The molecule has 0 N–H and O–H groups in total. The van der Waals surface area contributed by atoms with Crippen molar-refractivity contribution in [3.63, 3.8) is 0 Å². The van der Waals surface area contributed by atoms with Crippen LogP contribution >= 0.6 is 0 Å². The molecule has 0 unspecified atom stereocenters. The summed E-state index contributed by atoms with van der Waals surface area (Å²) in [6.45, 7) is 4.14. The molecule has 0 aliphatic rings. The number of hydrogen-bond acceptors (Lipinski definition) is 3. The summed E-state index contributed by atoms with van der Waals surface area (Å²) in [6.07, 6.45) is 0. The van der Waals surface area contributed by atoms with Gasteiger partial charge in [0.2, 0.25) is 0 Å². The molecule has 1 heterocycles. The van der Waals surface area contributed by atoms with Crippen LogP contribution in [0.1, 0.15) is 11.1 Å². The fourth-order valence-electron chi connectivity index (χ4n) is 7.17. The lowest BCUT2D eigenvalue weighted by Crippen LogP contribution is -2.11. The molecule has 0 bridgehead atoms. The van der Waals surface area contributed by atoms with Crippen LogP contribution < -0.4 is 9.80 Å². The molecule has 1 aromatic heterocycles. The van der Waals surface area contributed by atoms with Gasteiger partial charge in [0.15, 0.2) is 0 Å². The molecule has 0 spiro atoms. The molecule has 3 nitrogen and oxygen atoms in total. The van der Waals surface area contributed by atoms with E-state index < -0.39 is 0 Å². The minimum absolute atomic E-state index is 0.289. The molecule has 246 valence electrons. The highest BCUT2D eigenvalue weighted by Gasteiger charge is 2.24. The largest absolute Gasteiger partial charge is 0.455 e. The molecular weight excluding hydrogens is 635 g/mol. The van der Waals surface area contributed by atoms with E-state index in [9.17, 15) is 8.78 Å². The molecular formula is C46H32F2N2O. The van der Waals surface area contributed by atoms with Gasteiger partial charge in [0.1, 0.15) is 22.8 Å². The molecule has 0 aliphatic heterocycles. The van der Waals surface area contributed by atoms with Gasteiger partial charge in [-0.05, 0) is 98.8 Å². The van der Waals surface area contributed by atoms with E-state index >= 15 is 0 Å². The lowest BCUT2D eigenvalue weighted by molar-refractivity contribution is 0.627. The van der Waals surface area contributed by atoms with Gasteiger partial charge in [-0.3, -0.25) is 0 Å². The maximum Gasteiger partial charge on any atom is 0.143 e. The van der Waals surface area contributed by atoms with E-state index in [4.69, 9.17) is 4.42 Å². The summed E-state index contributed by atoms with van der Waals surface area (Å²) in [4.78, 5) is 4.36. The third-order valence-corrected chi connectivity index (χ3v) is 9.68.